The second kappa shape index (κ2) is 7.08. The van der Waals surface area contributed by atoms with E-state index in [-0.39, 0.29) is 12.5 Å². The number of carbonyl (C=O) groups excluding carboxylic acids is 3. The molecular weight excluding hydrogens is 378 g/mol. The molecule has 5 nitrogen and oxygen atoms in total. The fourth-order valence-corrected chi connectivity index (χ4v) is 4.76. The monoisotopic (exact) mass is 405 g/mol. The maximum atomic E-state index is 13.3. The lowest BCUT2D eigenvalue weighted by Crippen LogP contribution is -2.28. The van der Waals surface area contributed by atoms with Crippen LogP contribution in [-0.2, 0) is 25.7 Å². The van der Waals surface area contributed by atoms with Crippen molar-refractivity contribution in [3.05, 3.63) is 71.3 Å². The zero-order valence-corrected chi connectivity index (χ0v) is 17.8. The molecule has 0 bridgehead atoms. The minimum absolute atomic E-state index is 0.239. The molecule has 1 aliphatic carbocycles. The topological polar surface area (TPSA) is 63.7 Å². The quantitative estimate of drug-likeness (QED) is 0.575. The van der Waals surface area contributed by atoms with Crippen LogP contribution in [0.3, 0.4) is 0 Å². The van der Waals surface area contributed by atoms with Crippen molar-refractivity contribution in [2.75, 3.05) is 6.54 Å². The molecule has 1 aliphatic heterocycles. The molecule has 5 heteroatoms. The van der Waals surface area contributed by atoms with E-state index in [1.165, 1.54) is 0 Å². The Bertz CT molecular complexity index is 1010. The van der Waals surface area contributed by atoms with Gasteiger partial charge >= 0.3 is 5.97 Å². The Hall–Kier alpha value is -2.95. The number of aryl methyl sites for hydroxylation is 1. The predicted molar refractivity (Wildman–Crippen MR) is 113 cm³/mol. The van der Waals surface area contributed by atoms with E-state index in [1.54, 1.807) is 4.90 Å². The van der Waals surface area contributed by atoms with Crippen molar-refractivity contribution in [1.82, 2.24) is 4.90 Å². The van der Waals surface area contributed by atoms with Crippen LogP contribution in [0, 0.1) is 18.3 Å². The van der Waals surface area contributed by atoms with Crippen LogP contribution in [0.1, 0.15) is 43.4 Å². The number of rotatable bonds is 4. The van der Waals surface area contributed by atoms with E-state index in [1.807, 2.05) is 82.3 Å². The SMILES string of the molecule is Cc1ccccc1[C@@H]1[C@@H](C(=O)OC(C)(C)C)[C@@]12CN(Cc1ccccc1)C(=O)C2=O. The molecule has 3 atom stereocenters. The molecule has 1 spiro atoms. The van der Waals surface area contributed by atoms with E-state index in [4.69, 9.17) is 4.74 Å². The van der Waals surface area contributed by atoms with E-state index in [9.17, 15) is 14.4 Å². The lowest BCUT2D eigenvalue weighted by Gasteiger charge is -2.20. The Morgan fingerprint density at radius 1 is 1.07 bits per heavy atom. The summed E-state index contributed by atoms with van der Waals surface area (Å²) in [5.41, 5.74) is 1.20. The molecule has 0 N–H and O–H groups in total. The number of amides is 1. The number of nitrogens with zero attached hydrogens (tertiary/aromatic N) is 1. The van der Waals surface area contributed by atoms with Crippen molar-refractivity contribution in [3.63, 3.8) is 0 Å². The van der Waals surface area contributed by atoms with Gasteiger partial charge in [0.25, 0.3) is 5.91 Å². The summed E-state index contributed by atoms with van der Waals surface area (Å²) in [6.07, 6.45) is 0. The van der Waals surface area contributed by atoms with E-state index in [0.717, 1.165) is 16.7 Å². The highest BCUT2D eigenvalue weighted by molar-refractivity contribution is 6.42. The first-order chi connectivity index (χ1) is 14.1. The summed E-state index contributed by atoms with van der Waals surface area (Å²) < 4.78 is 5.66. The maximum Gasteiger partial charge on any atom is 0.311 e. The second-order valence-electron chi connectivity index (χ2n) is 9.36. The maximum absolute atomic E-state index is 13.3. The van der Waals surface area contributed by atoms with Crippen LogP contribution in [0.25, 0.3) is 0 Å². The molecule has 1 amide bonds. The van der Waals surface area contributed by atoms with Crippen molar-refractivity contribution in [2.45, 2.75) is 45.8 Å². The molecule has 30 heavy (non-hydrogen) atoms. The first-order valence-electron chi connectivity index (χ1n) is 10.3. The van der Waals surface area contributed by atoms with Gasteiger partial charge in [-0.15, -0.1) is 0 Å². The first-order valence-corrected chi connectivity index (χ1v) is 10.3. The average molecular weight is 405 g/mol. The normalized spacial score (nSPS) is 25.7. The van der Waals surface area contributed by atoms with Crippen LogP contribution < -0.4 is 0 Å². The third-order valence-corrected chi connectivity index (χ3v) is 6.09. The molecule has 4 rings (SSSR count). The molecule has 2 aromatic rings. The van der Waals surface area contributed by atoms with Gasteiger partial charge in [0.2, 0.25) is 5.78 Å². The van der Waals surface area contributed by atoms with Gasteiger partial charge in [0.15, 0.2) is 0 Å². The molecule has 0 radical (unpaired) electrons. The second-order valence-corrected chi connectivity index (χ2v) is 9.36. The summed E-state index contributed by atoms with van der Waals surface area (Å²) in [5.74, 6) is -2.37. The van der Waals surface area contributed by atoms with Crippen molar-refractivity contribution < 1.29 is 19.1 Å². The van der Waals surface area contributed by atoms with Gasteiger partial charge in [-0.05, 0) is 44.4 Å². The molecule has 2 aromatic carbocycles. The van der Waals surface area contributed by atoms with Gasteiger partial charge in [-0.3, -0.25) is 14.4 Å². The van der Waals surface area contributed by atoms with Gasteiger partial charge in [-0.25, -0.2) is 0 Å². The number of esters is 1. The molecule has 0 aromatic heterocycles. The lowest BCUT2D eigenvalue weighted by atomic mass is 9.94. The first kappa shape index (κ1) is 20.3. The minimum Gasteiger partial charge on any atom is -0.460 e. The summed E-state index contributed by atoms with van der Waals surface area (Å²) in [7, 11) is 0. The zero-order chi connectivity index (χ0) is 21.7. The van der Waals surface area contributed by atoms with E-state index < -0.39 is 34.6 Å². The van der Waals surface area contributed by atoms with Gasteiger partial charge in [0, 0.05) is 19.0 Å². The number of Topliss-reactive ketones (excluding diaryl/α,β-unsaturated/α-hetero) is 1. The third kappa shape index (κ3) is 3.32. The van der Waals surface area contributed by atoms with Crippen LogP contribution in [0.15, 0.2) is 54.6 Å². The standard InChI is InChI=1S/C25H27NO4/c1-16-10-8-9-13-18(16)19-20(23(29)30-24(2,3)4)25(19)15-26(22(28)21(25)27)14-17-11-6-5-7-12-17/h5-13,19-20H,14-15H2,1-4H3/t19-,20+,25-/m1/s1. The van der Waals surface area contributed by atoms with Gasteiger partial charge in [0.05, 0.1) is 11.3 Å². The number of hydrogen-bond donors (Lipinski definition) is 0. The van der Waals surface area contributed by atoms with Gasteiger partial charge in [-0.2, -0.15) is 0 Å². The molecule has 156 valence electrons. The smallest absolute Gasteiger partial charge is 0.311 e. The highest BCUT2D eigenvalue weighted by Gasteiger charge is 2.78. The van der Waals surface area contributed by atoms with Crippen molar-refractivity contribution in [2.24, 2.45) is 11.3 Å². The van der Waals surface area contributed by atoms with Gasteiger partial charge in [-0.1, -0.05) is 54.6 Å². The summed E-state index contributed by atoms with van der Waals surface area (Å²) in [5, 5.41) is 0. The Kier molecular flexibility index (Phi) is 4.80. The molecule has 1 saturated heterocycles. The summed E-state index contributed by atoms with van der Waals surface area (Å²) in [6.45, 7) is 8.00. The Morgan fingerprint density at radius 2 is 1.70 bits per heavy atom. The number of ketones is 1. The van der Waals surface area contributed by atoms with Crippen LogP contribution >= 0.6 is 0 Å². The van der Waals surface area contributed by atoms with E-state index in [0.29, 0.717) is 6.54 Å². The number of benzene rings is 2. The summed E-state index contributed by atoms with van der Waals surface area (Å²) in [4.78, 5) is 40.8. The Morgan fingerprint density at radius 3 is 2.33 bits per heavy atom. The highest BCUT2D eigenvalue weighted by atomic mass is 16.6. The Balaban J connectivity index is 1.69. The fourth-order valence-electron chi connectivity index (χ4n) is 4.76. The summed E-state index contributed by atoms with van der Waals surface area (Å²) in [6, 6.07) is 17.3. The van der Waals surface area contributed by atoms with Crippen LogP contribution in [0.2, 0.25) is 0 Å². The molecule has 1 saturated carbocycles. The molecule has 1 heterocycles. The Labute approximate surface area is 177 Å². The summed E-state index contributed by atoms with van der Waals surface area (Å²) >= 11 is 0. The van der Waals surface area contributed by atoms with Crippen LogP contribution in [0.5, 0.6) is 0 Å². The molecule has 2 fully saturated rings. The molecule has 2 aliphatic rings. The van der Waals surface area contributed by atoms with Crippen LogP contribution in [0.4, 0.5) is 0 Å². The van der Waals surface area contributed by atoms with Gasteiger partial charge < -0.3 is 9.64 Å². The zero-order valence-electron chi connectivity index (χ0n) is 17.8. The lowest BCUT2D eigenvalue weighted by molar-refractivity contribution is -0.158. The predicted octanol–water partition coefficient (Wildman–Crippen LogP) is 3.65. The van der Waals surface area contributed by atoms with Crippen molar-refractivity contribution >= 4 is 17.7 Å². The van der Waals surface area contributed by atoms with Gasteiger partial charge in [0.1, 0.15) is 5.60 Å². The minimum atomic E-state index is -1.04. The van der Waals surface area contributed by atoms with Crippen molar-refractivity contribution in [1.29, 1.82) is 0 Å². The van der Waals surface area contributed by atoms with Crippen LogP contribution in [-0.4, -0.2) is 34.7 Å². The molecular formula is C25H27NO4. The largest absolute Gasteiger partial charge is 0.460 e. The van der Waals surface area contributed by atoms with E-state index in [2.05, 4.69) is 0 Å². The van der Waals surface area contributed by atoms with Crippen molar-refractivity contribution in [3.8, 4) is 0 Å². The number of likely N-dealkylation sites (tertiary alicyclic amines) is 1. The number of hydrogen-bond acceptors (Lipinski definition) is 4. The third-order valence-electron chi connectivity index (χ3n) is 6.09. The average Bonchev–Trinajstić information content (AvgIpc) is 3.28. The fraction of sp³-hybridized carbons (Fsp3) is 0.400. The number of carbonyl (C=O) groups is 3. The number of ether oxygens (including phenoxy) is 1. The van der Waals surface area contributed by atoms with E-state index >= 15 is 0 Å². The highest BCUT2D eigenvalue weighted by Crippen LogP contribution is 2.68. The molecule has 0 unspecified atom stereocenters.